The predicted octanol–water partition coefficient (Wildman–Crippen LogP) is 3.34. The number of fused-ring (bicyclic) bond motifs is 1. The van der Waals surface area contributed by atoms with E-state index in [-0.39, 0.29) is 41.4 Å². The summed E-state index contributed by atoms with van der Waals surface area (Å²) >= 11 is 6.10. The molecule has 0 unspecified atom stereocenters. The molecule has 0 radical (unpaired) electrons. The lowest BCUT2D eigenvalue weighted by atomic mass is 10.1. The van der Waals surface area contributed by atoms with Gasteiger partial charge >= 0.3 is 5.97 Å². The molecule has 158 valence electrons. The van der Waals surface area contributed by atoms with Gasteiger partial charge in [0.1, 0.15) is 10.7 Å². The van der Waals surface area contributed by atoms with Gasteiger partial charge in [-0.15, -0.1) is 0 Å². The molecule has 1 aliphatic rings. The highest BCUT2D eigenvalue weighted by molar-refractivity contribution is 7.89. The van der Waals surface area contributed by atoms with E-state index in [1.54, 1.807) is 16.8 Å². The molecule has 2 aromatic carbocycles. The molecular weight excluding hydrogens is 433 g/mol. The van der Waals surface area contributed by atoms with Crippen LogP contribution in [0.1, 0.15) is 18.7 Å². The number of nitrogens with zero attached hydrogens (tertiary/aromatic N) is 3. The van der Waals surface area contributed by atoms with Crippen molar-refractivity contribution < 1.29 is 22.7 Å². The molecule has 0 amide bonds. The van der Waals surface area contributed by atoms with Crippen LogP contribution in [0.15, 0.2) is 47.4 Å². The minimum absolute atomic E-state index is 0.0300. The van der Waals surface area contributed by atoms with Gasteiger partial charge in [-0.3, -0.25) is 9.48 Å². The summed E-state index contributed by atoms with van der Waals surface area (Å²) < 4.78 is 43.1. The van der Waals surface area contributed by atoms with Crippen molar-refractivity contribution >= 4 is 38.5 Å². The van der Waals surface area contributed by atoms with Crippen molar-refractivity contribution in [2.45, 2.75) is 24.3 Å². The zero-order valence-corrected chi connectivity index (χ0v) is 17.6. The van der Waals surface area contributed by atoms with Gasteiger partial charge < -0.3 is 5.11 Å². The third kappa shape index (κ3) is 3.57. The van der Waals surface area contributed by atoms with Crippen molar-refractivity contribution in [3.05, 3.63) is 59.0 Å². The molecule has 2 atom stereocenters. The summed E-state index contributed by atoms with van der Waals surface area (Å²) in [5, 5.41) is 14.3. The van der Waals surface area contributed by atoms with Crippen molar-refractivity contribution in [1.29, 1.82) is 0 Å². The van der Waals surface area contributed by atoms with Crippen LogP contribution in [-0.4, -0.2) is 46.7 Å². The van der Waals surface area contributed by atoms with E-state index in [0.717, 1.165) is 0 Å². The number of carbonyl (C=O) groups is 1. The highest BCUT2D eigenvalue weighted by Crippen LogP contribution is 2.36. The molecule has 0 bridgehead atoms. The molecule has 1 N–H and O–H groups in total. The van der Waals surface area contributed by atoms with Crippen molar-refractivity contribution in [3.63, 3.8) is 0 Å². The van der Waals surface area contributed by atoms with Gasteiger partial charge in [-0.25, -0.2) is 12.8 Å². The van der Waals surface area contributed by atoms with Crippen LogP contribution in [0.5, 0.6) is 0 Å². The summed E-state index contributed by atoms with van der Waals surface area (Å²) in [6.45, 7) is 2.24. The van der Waals surface area contributed by atoms with Gasteiger partial charge in [0.15, 0.2) is 0 Å². The Balaban J connectivity index is 1.74. The van der Waals surface area contributed by atoms with E-state index in [9.17, 15) is 22.7 Å². The molecule has 2 heterocycles. The smallest absolute Gasteiger partial charge is 0.309 e. The van der Waals surface area contributed by atoms with Gasteiger partial charge in [-0.2, -0.15) is 9.40 Å². The second-order valence-electron chi connectivity index (χ2n) is 7.42. The van der Waals surface area contributed by atoms with Crippen LogP contribution in [0, 0.1) is 11.7 Å². The van der Waals surface area contributed by atoms with Gasteiger partial charge in [0, 0.05) is 18.5 Å². The maximum atomic E-state index is 13.9. The van der Waals surface area contributed by atoms with Crippen LogP contribution in [0.25, 0.3) is 10.9 Å². The van der Waals surface area contributed by atoms with Crippen LogP contribution >= 0.6 is 11.6 Å². The molecule has 0 saturated carbocycles. The fourth-order valence-electron chi connectivity index (χ4n) is 3.92. The van der Waals surface area contributed by atoms with E-state index in [1.807, 2.05) is 6.92 Å². The minimum Gasteiger partial charge on any atom is -0.481 e. The first-order valence-corrected chi connectivity index (χ1v) is 11.1. The predicted molar refractivity (Wildman–Crippen MR) is 109 cm³/mol. The molecule has 7 nitrogen and oxygen atoms in total. The lowest BCUT2D eigenvalue weighted by molar-refractivity contribution is -0.136. The van der Waals surface area contributed by atoms with Gasteiger partial charge in [0.05, 0.1) is 28.7 Å². The van der Waals surface area contributed by atoms with Crippen molar-refractivity contribution in [2.24, 2.45) is 5.92 Å². The molecule has 1 aliphatic heterocycles. The summed E-state index contributed by atoms with van der Waals surface area (Å²) in [7, 11) is -3.82. The van der Waals surface area contributed by atoms with Gasteiger partial charge in [-0.1, -0.05) is 30.7 Å². The standard InChI is InChI=1S/C20H19ClFN3O4S/c1-12-10-24(30(28,29)19-5-3-2-4-15(19)21)11-18(12)25-17-8-13(22)6-7-14(17)16(23-25)9-20(26)27/h2-8,12,18H,9-11H2,1H3,(H,26,27)/t12-,18+/m1/s1. The summed E-state index contributed by atoms with van der Waals surface area (Å²) in [5.41, 5.74) is 0.761. The molecule has 10 heteroatoms. The van der Waals surface area contributed by atoms with E-state index in [1.165, 1.54) is 34.6 Å². The van der Waals surface area contributed by atoms with Gasteiger partial charge in [-0.05, 0) is 36.2 Å². The van der Waals surface area contributed by atoms with Gasteiger partial charge in [0.25, 0.3) is 0 Å². The Morgan fingerprint density at radius 3 is 2.70 bits per heavy atom. The third-order valence-corrected chi connectivity index (χ3v) is 7.70. The normalized spacial score (nSPS) is 20.1. The number of hydrogen-bond acceptors (Lipinski definition) is 4. The van der Waals surface area contributed by atoms with Crippen LogP contribution in [0.2, 0.25) is 5.02 Å². The maximum Gasteiger partial charge on any atom is 0.309 e. The molecule has 1 saturated heterocycles. The second kappa shape index (κ2) is 7.64. The summed E-state index contributed by atoms with van der Waals surface area (Å²) in [6.07, 6.45) is -0.308. The third-order valence-electron chi connectivity index (χ3n) is 5.37. The molecule has 30 heavy (non-hydrogen) atoms. The second-order valence-corrected chi connectivity index (χ2v) is 9.73. The van der Waals surface area contributed by atoms with E-state index < -0.39 is 21.8 Å². The van der Waals surface area contributed by atoms with Gasteiger partial charge in [0.2, 0.25) is 10.0 Å². The maximum absolute atomic E-state index is 13.9. The Hall–Kier alpha value is -2.49. The molecular formula is C20H19ClFN3O4S. The first-order chi connectivity index (χ1) is 14.2. The quantitative estimate of drug-likeness (QED) is 0.642. The molecule has 1 aromatic heterocycles. The number of benzene rings is 2. The summed E-state index contributed by atoms with van der Waals surface area (Å²) in [4.78, 5) is 11.3. The average Bonchev–Trinajstić information content (AvgIpc) is 3.22. The first-order valence-electron chi connectivity index (χ1n) is 9.31. The summed E-state index contributed by atoms with van der Waals surface area (Å²) in [5.74, 6) is -1.66. The number of sulfonamides is 1. The topological polar surface area (TPSA) is 92.5 Å². The van der Waals surface area contributed by atoms with E-state index in [2.05, 4.69) is 5.10 Å². The SMILES string of the molecule is C[C@@H]1CN(S(=O)(=O)c2ccccc2Cl)C[C@@H]1n1nc(CC(=O)O)c2ccc(F)cc21. The number of aromatic nitrogens is 2. The fourth-order valence-corrected chi connectivity index (χ4v) is 5.97. The number of rotatable bonds is 5. The molecule has 0 aliphatic carbocycles. The van der Waals surface area contributed by atoms with Crippen LogP contribution in [-0.2, 0) is 21.2 Å². The Labute approximate surface area is 177 Å². The number of halogens is 2. The minimum atomic E-state index is -3.82. The zero-order chi connectivity index (χ0) is 21.6. The van der Waals surface area contributed by atoms with Crippen LogP contribution in [0.4, 0.5) is 4.39 Å². The highest BCUT2D eigenvalue weighted by Gasteiger charge is 2.40. The van der Waals surface area contributed by atoms with Crippen molar-refractivity contribution in [1.82, 2.24) is 14.1 Å². The Bertz CT molecular complexity index is 1240. The molecule has 3 aromatic rings. The average molecular weight is 452 g/mol. The van der Waals surface area contributed by atoms with E-state index in [4.69, 9.17) is 11.6 Å². The zero-order valence-electron chi connectivity index (χ0n) is 16.0. The first kappa shape index (κ1) is 20.8. The molecule has 4 rings (SSSR count). The monoisotopic (exact) mass is 451 g/mol. The molecule has 1 fully saturated rings. The van der Waals surface area contributed by atoms with Crippen LogP contribution < -0.4 is 0 Å². The van der Waals surface area contributed by atoms with E-state index >= 15 is 0 Å². The van der Waals surface area contributed by atoms with Crippen molar-refractivity contribution in [3.8, 4) is 0 Å². The van der Waals surface area contributed by atoms with E-state index in [0.29, 0.717) is 16.6 Å². The lowest BCUT2D eigenvalue weighted by Gasteiger charge is -2.18. The fraction of sp³-hybridized carbons (Fsp3) is 0.300. The number of carboxylic acid groups (broad SMARTS) is 1. The highest BCUT2D eigenvalue weighted by atomic mass is 35.5. The summed E-state index contributed by atoms with van der Waals surface area (Å²) in [6, 6.07) is 9.92. The lowest BCUT2D eigenvalue weighted by Crippen LogP contribution is -2.29. The number of hydrogen-bond donors (Lipinski definition) is 1. The van der Waals surface area contributed by atoms with Crippen LogP contribution in [0.3, 0.4) is 0 Å². The number of aliphatic carboxylic acids is 1. The number of carboxylic acids is 1. The Morgan fingerprint density at radius 1 is 1.27 bits per heavy atom. The Kier molecular flexibility index (Phi) is 5.29. The largest absolute Gasteiger partial charge is 0.481 e. The Morgan fingerprint density at radius 2 is 2.00 bits per heavy atom. The molecule has 0 spiro atoms. The van der Waals surface area contributed by atoms with Crippen molar-refractivity contribution in [2.75, 3.05) is 13.1 Å².